The molecule has 0 spiro atoms. The zero-order valence-corrected chi connectivity index (χ0v) is 12.2. The molecule has 1 atom stereocenters. The molecule has 2 rings (SSSR count). The van der Waals surface area contributed by atoms with E-state index in [9.17, 15) is 4.79 Å². The summed E-state index contributed by atoms with van der Waals surface area (Å²) in [6, 6.07) is 0. The zero-order valence-electron chi connectivity index (χ0n) is 12.2. The lowest BCUT2D eigenvalue weighted by Crippen LogP contribution is -2.23. The van der Waals surface area contributed by atoms with Crippen molar-refractivity contribution in [3.63, 3.8) is 0 Å². The number of likely N-dealkylation sites (N-methyl/N-ethyl adjacent to an activating group) is 1. The third-order valence-electron chi connectivity index (χ3n) is 3.68. The monoisotopic (exact) mass is 265 g/mol. The molecule has 1 unspecified atom stereocenters. The van der Waals surface area contributed by atoms with Crippen LogP contribution in [0.3, 0.4) is 0 Å². The second-order valence-corrected chi connectivity index (χ2v) is 4.61. The molecule has 1 aromatic rings. The first-order valence-corrected chi connectivity index (χ1v) is 6.09. The molecular weight excluding hydrogens is 246 g/mol. The summed E-state index contributed by atoms with van der Waals surface area (Å²) in [5.74, 6) is 1.65. The predicted octanol–water partition coefficient (Wildman–Crippen LogP) is 2.10. The van der Waals surface area contributed by atoms with Crippen molar-refractivity contribution < 1.29 is 19.0 Å². The average Bonchev–Trinajstić information content (AvgIpc) is 2.63. The van der Waals surface area contributed by atoms with Gasteiger partial charge in [-0.05, 0) is 13.8 Å². The standard InChI is InChI=1S/C14H19NO4/c1-7-9-10(15(3)14(7)16)11(17-4)8(2)12(18-5)13(9)19-6/h7H,1-6H3. The first-order valence-electron chi connectivity index (χ1n) is 6.09. The van der Waals surface area contributed by atoms with Crippen molar-refractivity contribution in [2.24, 2.45) is 0 Å². The van der Waals surface area contributed by atoms with Gasteiger partial charge in [-0.25, -0.2) is 0 Å². The number of methoxy groups -OCH3 is 3. The van der Waals surface area contributed by atoms with Crippen LogP contribution in [0.4, 0.5) is 5.69 Å². The van der Waals surface area contributed by atoms with Crippen molar-refractivity contribution >= 4 is 11.6 Å². The van der Waals surface area contributed by atoms with E-state index in [0.717, 1.165) is 16.8 Å². The molecule has 5 nitrogen and oxygen atoms in total. The minimum absolute atomic E-state index is 0.0271. The van der Waals surface area contributed by atoms with E-state index in [0.29, 0.717) is 17.2 Å². The Hall–Kier alpha value is -1.91. The SMILES string of the molecule is COc1c(C)c(OC)c2c(c1OC)C(C)C(=O)N2C. The smallest absolute Gasteiger partial charge is 0.234 e. The highest BCUT2D eigenvalue weighted by molar-refractivity contribution is 6.07. The molecule has 0 aliphatic carbocycles. The van der Waals surface area contributed by atoms with E-state index < -0.39 is 0 Å². The number of hydrogen-bond donors (Lipinski definition) is 0. The van der Waals surface area contributed by atoms with Crippen molar-refractivity contribution in [1.29, 1.82) is 0 Å². The van der Waals surface area contributed by atoms with E-state index >= 15 is 0 Å². The van der Waals surface area contributed by atoms with Crippen molar-refractivity contribution in [3.8, 4) is 17.2 Å². The highest BCUT2D eigenvalue weighted by Gasteiger charge is 2.40. The molecule has 0 aromatic heterocycles. The van der Waals surface area contributed by atoms with Gasteiger partial charge < -0.3 is 19.1 Å². The maximum absolute atomic E-state index is 12.2. The number of ether oxygens (including phenoxy) is 3. The summed E-state index contributed by atoms with van der Waals surface area (Å²) in [5.41, 5.74) is 2.43. The highest BCUT2D eigenvalue weighted by Crippen LogP contribution is 2.54. The topological polar surface area (TPSA) is 48.0 Å². The van der Waals surface area contributed by atoms with Gasteiger partial charge in [-0.3, -0.25) is 4.79 Å². The molecule has 1 heterocycles. The molecule has 0 saturated heterocycles. The van der Waals surface area contributed by atoms with Crippen LogP contribution in [-0.4, -0.2) is 34.3 Å². The molecule has 0 N–H and O–H groups in total. The lowest BCUT2D eigenvalue weighted by molar-refractivity contribution is -0.118. The molecule has 104 valence electrons. The lowest BCUT2D eigenvalue weighted by atomic mass is 9.98. The maximum atomic E-state index is 12.2. The van der Waals surface area contributed by atoms with Crippen molar-refractivity contribution in [2.45, 2.75) is 19.8 Å². The Bertz CT molecular complexity index is 539. The molecule has 0 saturated carbocycles. The van der Waals surface area contributed by atoms with Crippen LogP contribution in [0, 0.1) is 6.92 Å². The fourth-order valence-corrected chi connectivity index (χ4v) is 2.76. The van der Waals surface area contributed by atoms with Crippen LogP contribution in [0.1, 0.15) is 24.0 Å². The van der Waals surface area contributed by atoms with E-state index in [1.807, 2.05) is 13.8 Å². The van der Waals surface area contributed by atoms with Crippen molar-refractivity contribution in [2.75, 3.05) is 33.3 Å². The van der Waals surface area contributed by atoms with Crippen LogP contribution in [0.2, 0.25) is 0 Å². The third kappa shape index (κ3) is 1.64. The van der Waals surface area contributed by atoms with Crippen LogP contribution in [0.25, 0.3) is 0 Å². The van der Waals surface area contributed by atoms with Gasteiger partial charge >= 0.3 is 0 Å². The summed E-state index contributed by atoms with van der Waals surface area (Å²) in [6.07, 6.45) is 0. The first kappa shape index (κ1) is 13.5. The molecule has 1 aliphatic rings. The molecular formula is C14H19NO4. The first-order chi connectivity index (χ1) is 8.99. The van der Waals surface area contributed by atoms with E-state index in [-0.39, 0.29) is 11.8 Å². The number of rotatable bonds is 3. The van der Waals surface area contributed by atoms with E-state index in [4.69, 9.17) is 14.2 Å². The number of anilines is 1. The molecule has 0 radical (unpaired) electrons. The van der Waals surface area contributed by atoms with Gasteiger partial charge in [-0.2, -0.15) is 0 Å². The largest absolute Gasteiger partial charge is 0.494 e. The van der Waals surface area contributed by atoms with Crippen molar-refractivity contribution in [1.82, 2.24) is 0 Å². The molecule has 0 bridgehead atoms. The van der Waals surface area contributed by atoms with Crippen LogP contribution in [0.5, 0.6) is 17.2 Å². The van der Waals surface area contributed by atoms with Gasteiger partial charge in [0.2, 0.25) is 5.91 Å². The van der Waals surface area contributed by atoms with E-state index in [2.05, 4.69) is 0 Å². The minimum Gasteiger partial charge on any atom is -0.494 e. The minimum atomic E-state index is -0.265. The van der Waals surface area contributed by atoms with Gasteiger partial charge in [-0.1, -0.05) is 0 Å². The Morgan fingerprint density at radius 3 is 2.00 bits per heavy atom. The van der Waals surface area contributed by atoms with Gasteiger partial charge in [0.15, 0.2) is 11.5 Å². The second kappa shape index (κ2) is 4.64. The Labute approximate surface area is 113 Å². The van der Waals surface area contributed by atoms with E-state index in [1.165, 1.54) is 0 Å². The van der Waals surface area contributed by atoms with Crippen LogP contribution >= 0.6 is 0 Å². The Balaban J connectivity index is 2.87. The predicted molar refractivity (Wildman–Crippen MR) is 72.7 cm³/mol. The summed E-state index contributed by atoms with van der Waals surface area (Å²) < 4.78 is 16.4. The lowest BCUT2D eigenvalue weighted by Gasteiger charge is -2.21. The maximum Gasteiger partial charge on any atom is 0.234 e. The normalized spacial score (nSPS) is 17.5. The quantitative estimate of drug-likeness (QED) is 0.839. The molecule has 1 aliphatic heterocycles. The number of fused-ring (bicyclic) bond motifs is 1. The molecule has 0 fully saturated rings. The number of carbonyl (C=O) groups is 1. The third-order valence-corrected chi connectivity index (χ3v) is 3.68. The summed E-state index contributed by atoms with van der Waals surface area (Å²) in [6.45, 7) is 3.75. The van der Waals surface area contributed by atoms with Crippen LogP contribution < -0.4 is 19.1 Å². The second-order valence-electron chi connectivity index (χ2n) is 4.61. The number of benzene rings is 1. The molecule has 1 amide bonds. The fraction of sp³-hybridized carbons (Fsp3) is 0.500. The number of hydrogen-bond acceptors (Lipinski definition) is 4. The zero-order chi connectivity index (χ0) is 14.3. The number of nitrogens with zero attached hydrogens (tertiary/aromatic N) is 1. The summed E-state index contributed by atoms with van der Waals surface area (Å²) >= 11 is 0. The van der Waals surface area contributed by atoms with Crippen LogP contribution in [-0.2, 0) is 4.79 Å². The van der Waals surface area contributed by atoms with Crippen molar-refractivity contribution in [3.05, 3.63) is 11.1 Å². The number of amides is 1. The Kier molecular flexibility index (Phi) is 3.30. The fourth-order valence-electron chi connectivity index (χ4n) is 2.76. The van der Waals surface area contributed by atoms with Gasteiger partial charge in [0, 0.05) is 18.2 Å². The average molecular weight is 265 g/mol. The van der Waals surface area contributed by atoms with Crippen LogP contribution in [0.15, 0.2) is 0 Å². The highest BCUT2D eigenvalue weighted by atomic mass is 16.5. The molecule has 19 heavy (non-hydrogen) atoms. The summed E-state index contributed by atoms with van der Waals surface area (Å²) in [4.78, 5) is 13.8. The molecule has 5 heteroatoms. The van der Waals surface area contributed by atoms with Gasteiger partial charge in [-0.15, -0.1) is 0 Å². The summed E-state index contributed by atoms with van der Waals surface area (Å²) in [7, 11) is 6.51. The number of carbonyl (C=O) groups excluding carboxylic acids is 1. The van der Waals surface area contributed by atoms with Gasteiger partial charge in [0.25, 0.3) is 0 Å². The van der Waals surface area contributed by atoms with E-state index in [1.54, 1.807) is 33.3 Å². The van der Waals surface area contributed by atoms with Gasteiger partial charge in [0.05, 0.1) is 32.9 Å². The Morgan fingerprint density at radius 2 is 1.53 bits per heavy atom. The van der Waals surface area contributed by atoms with Gasteiger partial charge in [0.1, 0.15) is 5.75 Å². The summed E-state index contributed by atoms with van der Waals surface area (Å²) in [5, 5.41) is 0. The Morgan fingerprint density at radius 1 is 1.00 bits per heavy atom. The molecule has 1 aromatic carbocycles.